The van der Waals surface area contributed by atoms with E-state index in [1.54, 1.807) is 0 Å². The zero-order valence-electron chi connectivity index (χ0n) is 25.3. The minimum absolute atomic E-state index is 0.796. The number of hydrogen-bond donors (Lipinski definition) is 0. The predicted molar refractivity (Wildman–Crippen MR) is 160 cm³/mol. The largest absolute Gasteiger partial charge is 0.252 e. The number of aryl methyl sites for hydroxylation is 1. The second-order valence-corrected chi connectivity index (χ2v) is 11.8. The summed E-state index contributed by atoms with van der Waals surface area (Å²) in [5, 5.41) is 9.10. The Morgan fingerprint density at radius 3 is 1.39 bits per heavy atom. The van der Waals surface area contributed by atoms with Crippen LogP contribution in [0.15, 0.2) is 6.20 Å². The van der Waals surface area contributed by atoms with Gasteiger partial charge in [-0.05, 0) is 24.7 Å². The first-order valence-electron chi connectivity index (χ1n) is 16.6. The second-order valence-electron chi connectivity index (χ2n) is 11.8. The lowest BCUT2D eigenvalue weighted by molar-refractivity contribution is 0.364. The lowest BCUT2D eigenvalue weighted by Crippen LogP contribution is -2.06. The van der Waals surface area contributed by atoms with Crippen molar-refractivity contribution in [3.8, 4) is 0 Å². The lowest BCUT2D eigenvalue weighted by Gasteiger charge is -2.17. The molecule has 0 fully saturated rings. The third-order valence-electron chi connectivity index (χ3n) is 8.20. The molecule has 36 heavy (non-hydrogen) atoms. The van der Waals surface area contributed by atoms with Crippen LogP contribution in [0.3, 0.4) is 0 Å². The zero-order valence-corrected chi connectivity index (χ0v) is 25.3. The van der Waals surface area contributed by atoms with Gasteiger partial charge in [0, 0.05) is 12.7 Å². The molecule has 0 saturated heterocycles. The molecule has 0 saturated carbocycles. The molecule has 1 aromatic rings. The summed E-state index contributed by atoms with van der Waals surface area (Å²) in [6, 6.07) is 0. The van der Waals surface area contributed by atoms with E-state index in [9.17, 15) is 0 Å². The minimum atomic E-state index is 0.796. The summed E-state index contributed by atoms with van der Waals surface area (Å²) in [7, 11) is 0. The van der Waals surface area contributed by atoms with E-state index in [1.807, 2.05) is 0 Å². The first-order chi connectivity index (χ1) is 17.7. The van der Waals surface area contributed by atoms with Crippen LogP contribution in [0.25, 0.3) is 0 Å². The smallest absolute Gasteiger partial charge is 0.0829 e. The molecular weight excluding hydrogens is 438 g/mol. The highest BCUT2D eigenvalue weighted by molar-refractivity contribution is 4.94. The van der Waals surface area contributed by atoms with E-state index in [-0.39, 0.29) is 0 Å². The molecule has 0 N–H and O–H groups in total. The fourth-order valence-corrected chi connectivity index (χ4v) is 5.76. The third kappa shape index (κ3) is 18.4. The minimum Gasteiger partial charge on any atom is -0.252 e. The molecule has 0 amide bonds. The molecule has 0 spiro atoms. The summed E-state index contributed by atoms with van der Waals surface area (Å²) in [5.74, 6) is 1.75. The highest BCUT2D eigenvalue weighted by Gasteiger charge is 2.13. The zero-order chi connectivity index (χ0) is 26.1. The van der Waals surface area contributed by atoms with Gasteiger partial charge < -0.3 is 0 Å². The van der Waals surface area contributed by atoms with Gasteiger partial charge in [-0.2, -0.15) is 0 Å². The van der Waals surface area contributed by atoms with Crippen molar-refractivity contribution in [2.24, 2.45) is 11.8 Å². The van der Waals surface area contributed by atoms with Gasteiger partial charge in [0.2, 0.25) is 0 Å². The van der Waals surface area contributed by atoms with Crippen molar-refractivity contribution < 1.29 is 0 Å². The molecular formula is C33H65N3. The Bertz CT molecular complexity index is 543. The summed E-state index contributed by atoms with van der Waals surface area (Å²) in [4.78, 5) is 0. The van der Waals surface area contributed by atoms with Crippen molar-refractivity contribution in [3.63, 3.8) is 0 Å². The number of nitrogens with zero attached hydrogens (tertiary/aromatic N) is 3. The van der Waals surface area contributed by atoms with Crippen molar-refractivity contribution in [2.75, 3.05) is 0 Å². The first-order valence-corrected chi connectivity index (χ1v) is 16.6. The Balaban J connectivity index is 2.40. The van der Waals surface area contributed by atoms with E-state index in [4.69, 9.17) is 0 Å². The van der Waals surface area contributed by atoms with Gasteiger partial charge in [0.05, 0.1) is 5.69 Å². The normalized spacial score (nSPS) is 11.8. The van der Waals surface area contributed by atoms with Crippen molar-refractivity contribution in [1.82, 2.24) is 15.0 Å². The molecule has 0 bridgehead atoms. The van der Waals surface area contributed by atoms with Crippen molar-refractivity contribution in [2.45, 2.75) is 188 Å². The molecule has 212 valence electrons. The highest BCUT2D eigenvalue weighted by atomic mass is 15.4. The summed E-state index contributed by atoms with van der Waals surface area (Å²) < 4.78 is 2.14. The van der Waals surface area contributed by atoms with Crippen LogP contribution in [0.4, 0.5) is 0 Å². The Labute approximate surface area is 227 Å². The van der Waals surface area contributed by atoms with Gasteiger partial charge in [-0.15, -0.1) is 5.10 Å². The van der Waals surface area contributed by atoms with Gasteiger partial charge in [-0.3, -0.25) is 4.68 Å². The van der Waals surface area contributed by atoms with Gasteiger partial charge in [0.1, 0.15) is 0 Å². The lowest BCUT2D eigenvalue weighted by atomic mass is 9.90. The van der Waals surface area contributed by atoms with Crippen molar-refractivity contribution >= 4 is 0 Å². The van der Waals surface area contributed by atoms with E-state index in [0.29, 0.717) is 0 Å². The van der Waals surface area contributed by atoms with E-state index >= 15 is 0 Å². The monoisotopic (exact) mass is 504 g/mol. The topological polar surface area (TPSA) is 30.7 Å². The first kappa shape index (κ1) is 33.2. The maximum absolute atomic E-state index is 4.59. The molecule has 1 rings (SSSR count). The van der Waals surface area contributed by atoms with Crippen LogP contribution in [0.5, 0.6) is 0 Å². The Morgan fingerprint density at radius 2 is 0.944 bits per heavy atom. The Kier molecular flexibility index (Phi) is 22.6. The van der Waals surface area contributed by atoms with Gasteiger partial charge in [0.25, 0.3) is 0 Å². The average molecular weight is 504 g/mol. The molecule has 1 heterocycles. The molecule has 3 heteroatoms. The molecule has 0 aliphatic carbocycles. The molecule has 0 aromatic carbocycles. The van der Waals surface area contributed by atoms with Gasteiger partial charge in [0.15, 0.2) is 0 Å². The highest BCUT2D eigenvalue weighted by Crippen LogP contribution is 2.24. The van der Waals surface area contributed by atoms with Crippen LogP contribution in [-0.4, -0.2) is 15.0 Å². The molecule has 0 radical (unpaired) electrons. The Hall–Kier alpha value is -0.860. The summed E-state index contributed by atoms with van der Waals surface area (Å²) in [6.07, 6.45) is 35.3. The van der Waals surface area contributed by atoms with Crippen LogP contribution >= 0.6 is 0 Å². The molecule has 3 nitrogen and oxygen atoms in total. The number of rotatable bonds is 27. The second kappa shape index (κ2) is 24.5. The standard InChI is InChI=1S/C33H65N3/c1-5-9-13-17-23-31(24-18-14-10-6-2)25-21-22-28-36-30-33(34-35-36)29-32(26-19-15-11-7-3)27-20-16-12-8-4/h30-32H,5-29H2,1-4H3. The quantitative estimate of drug-likeness (QED) is 0.112. The summed E-state index contributed by atoms with van der Waals surface area (Å²) in [6.45, 7) is 10.3. The summed E-state index contributed by atoms with van der Waals surface area (Å²) >= 11 is 0. The van der Waals surface area contributed by atoms with Crippen LogP contribution in [0, 0.1) is 11.8 Å². The van der Waals surface area contributed by atoms with Gasteiger partial charge >= 0.3 is 0 Å². The molecule has 0 atom stereocenters. The van der Waals surface area contributed by atoms with Crippen LogP contribution < -0.4 is 0 Å². The van der Waals surface area contributed by atoms with E-state index in [2.05, 4.69) is 48.9 Å². The SMILES string of the molecule is CCCCCCC(CCCCCC)CCCCn1cc(CC(CCCCCC)CCCCCC)nn1. The maximum Gasteiger partial charge on any atom is 0.0829 e. The fourth-order valence-electron chi connectivity index (χ4n) is 5.76. The molecule has 0 aliphatic rings. The van der Waals surface area contributed by atoms with Crippen LogP contribution in [0.2, 0.25) is 0 Å². The molecule has 0 aliphatic heterocycles. The van der Waals surface area contributed by atoms with Crippen molar-refractivity contribution in [1.29, 1.82) is 0 Å². The van der Waals surface area contributed by atoms with Crippen LogP contribution in [-0.2, 0) is 13.0 Å². The van der Waals surface area contributed by atoms with E-state index < -0.39 is 0 Å². The fraction of sp³-hybridized carbons (Fsp3) is 0.939. The molecule has 0 unspecified atom stereocenters. The maximum atomic E-state index is 4.59. The third-order valence-corrected chi connectivity index (χ3v) is 8.20. The number of unbranched alkanes of at least 4 members (excludes halogenated alkanes) is 13. The van der Waals surface area contributed by atoms with E-state index in [1.165, 1.54) is 153 Å². The number of aromatic nitrogens is 3. The van der Waals surface area contributed by atoms with E-state index in [0.717, 1.165) is 24.8 Å². The van der Waals surface area contributed by atoms with Crippen molar-refractivity contribution in [3.05, 3.63) is 11.9 Å². The van der Waals surface area contributed by atoms with Gasteiger partial charge in [-0.25, -0.2) is 0 Å². The van der Waals surface area contributed by atoms with Gasteiger partial charge in [-0.1, -0.05) is 174 Å². The predicted octanol–water partition coefficient (Wildman–Crippen LogP) is 11.1. The summed E-state index contributed by atoms with van der Waals surface area (Å²) in [5.41, 5.74) is 1.23. The van der Waals surface area contributed by atoms with Crippen LogP contribution in [0.1, 0.15) is 181 Å². The Morgan fingerprint density at radius 1 is 0.528 bits per heavy atom. The average Bonchev–Trinajstić information content (AvgIpc) is 3.33. The number of hydrogen-bond acceptors (Lipinski definition) is 2. The molecule has 1 aromatic heterocycles.